The highest BCUT2D eigenvalue weighted by Gasteiger charge is 2.39. The van der Waals surface area contributed by atoms with Crippen molar-refractivity contribution >= 4 is 23.7 Å². The SMILES string of the molecule is CC(N)C(=O)NC(C)C(=O)NC(C(=O)N1CCCC1C(=O)O)C(C)C. The van der Waals surface area contributed by atoms with Gasteiger partial charge in [0.15, 0.2) is 0 Å². The Bertz CT molecular complexity index is 535. The Kier molecular flexibility index (Phi) is 7.35. The number of likely N-dealkylation sites (tertiary alicyclic amines) is 1. The normalized spacial score (nSPS) is 20.7. The number of amides is 3. The van der Waals surface area contributed by atoms with Crippen LogP contribution in [-0.2, 0) is 19.2 Å². The predicted octanol–water partition coefficient (Wildman–Crippen LogP) is -0.945. The fraction of sp³-hybridized carbons (Fsp3) is 0.750. The maximum Gasteiger partial charge on any atom is 0.326 e. The summed E-state index contributed by atoms with van der Waals surface area (Å²) in [6, 6.07) is -3.33. The highest BCUT2D eigenvalue weighted by molar-refractivity contribution is 5.94. The monoisotopic (exact) mass is 356 g/mol. The Morgan fingerprint density at radius 2 is 1.68 bits per heavy atom. The molecule has 1 rings (SSSR count). The Morgan fingerprint density at radius 3 is 2.16 bits per heavy atom. The number of hydrogen-bond donors (Lipinski definition) is 4. The van der Waals surface area contributed by atoms with Crippen molar-refractivity contribution in [2.45, 2.75) is 64.7 Å². The topological polar surface area (TPSA) is 142 Å². The number of nitrogens with zero attached hydrogens (tertiary/aromatic N) is 1. The lowest BCUT2D eigenvalue weighted by Gasteiger charge is -2.30. The molecular formula is C16H28N4O5. The van der Waals surface area contributed by atoms with Gasteiger partial charge in [0.1, 0.15) is 18.1 Å². The Balaban J connectivity index is 2.79. The lowest BCUT2D eigenvalue weighted by molar-refractivity contribution is -0.150. The van der Waals surface area contributed by atoms with Crippen LogP contribution in [0.4, 0.5) is 0 Å². The van der Waals surface area contributed by atoms with Gasteiger partial charge in [-0.1, -0.05) is 13.8 Å². The predicted molar refractivity (Wildman–Crippen MR) is 90.4 cm³/mol. The van der Waals surface area contributed by atoms with Crippen LogP contribution in [-0.4, -0.2) is 64.4 Å². The molecule has 3 amide bonds. The van der Waals surface area contributed by atoms with Gasteiger partial charge in [0, 0.05) is 6.54 Å². The first-order chi connectivity index (χ1) is 11.6. The fourth-order valence-corrected chi connectivity index (χ4v) is 2.67. The largest absolute Gasteiger partial charge is 0.480 e. The van der Waals surface area contributed by atoms with Crippen molar-refractivity contribution in [3.05, 3.63) is 0 Å². The van der Waals surface area contributed by atoms with E-state index in [2.05, 4.69) is 10.6 Å². The van der Waals surface area contributed by atoms with Crippen LogP contribution in [0, 0.1) is 5.92 Å². The van der Waals surface area contributed by atoms with Crippen LogP contribution in [0.25, 0.3) is 0 Å². The second-order valence-corrected chi connectivity index (χ2v) is 6.78. The third-order valence-corrected chi connectivity index (χ3v) is 4.22. The van der Waals surface area contributed by atoms with E-state index < -0.39 is 47.9 Å². The summed E-state index contributed by atoms with van der Waals surface area (Å²) in [5.41, 5.74) is 5.45. The van der Waals surface area contributed by atoms with Crippen LogP contribution in [0.15, 0.2) is 0 Å². The molecule has 4 atom stereocenters. The molecule has 0 aliphatic carbocycles. The molecule has 0 aromatic rings. The number of nitrogens with two attached hydrogens (primary N) is 1. The van der Waals surface area contributed by atoms with Gasteiger partial charge in [-0.3, -0.25) is 14.4 Å². The summed E-state index contributed by atoms with van der Waals surface area (Å²) in [7, 11) is 0. The van der Waals surface area contributed by atoms with Crippen LogP contribution in [0.5, 0.6) is 0 Å². The van der Waals surface area contributed by atoms with Crippen molar-refractivity contribution in [3.8, 4) is 0 Å². The minimum atomic E-state index is -1.04. The molecule has 1 saturated heterocycles. The van der Waals surface area contributed by atoms with Crippen molar-refractivity contribution in [3.63, 3.8) is 0 Å². The second kappa shape index (κ2) is 8.80. The first kappa shape index (κ1) is 20.9. The molecule has 1 aliphatic rings. The van der Waals surface area contributed by atoms with Gasteiger partial charge in [0.25, 0.3) is 0 Å². The summed E-state index contributed by atoms with van der Waals surface area (Å²) in [5, 5.41) is 14.3. The minimum absolute atomic E-state index is 0.233. The first-order valence-corrected chi connectivity index (χ1v) is 8.45. The number of carbonyl (C=O) groups excluding carboxylic acids is 3. The van der Waals surface area contributed by atoms with Crippen LogP contribution in [0.1, 0.15) is 40.5 Å². The van der Waals surface area contributed by atoms with Gasteiger partial charge < -0.3 is 26.4 Å². The average molecular weight is 356 g/mol. The fourth-order valence-electron chi connectivity index (χ4n) is 2.67. The molecule has 142 valence electrons. The summed E-state index contributed by atoms with van der Waals surface area (Å²) in [6.45, 7) is 6.87. The Morgan fingerprint density at radius 1 is 1.08 bits per heavy atom. The first-order valence-electron chi connectivity index (χ1n) is 8.45. The zero-order valence-corrected chi connectivity index (χ0v) is 15.1. The number of carboxylic acid groups (broad SMARTS) is 1. The summed E-state index contributed by atoms with van der Waals surface area (Å²) in [6.07, 6.45) is 1.02. The molecule has 25 heavy (non-hydrogen) atoms. The lowest BCUT2D eigenvalue weighted by atomic mass is 10.0. The highest BCUT2D eigenvalue weighted by atomic mass is 16.4. The highest BCUT2D eigenvalue weighted by Crippen LogP contribution is 2.20. The molecule has 0 aromatic carbocycles. The van der Waals surface area contributed by atoms with Crippen molar-refractivity contribution in [2.24, 2.45) is 11.7 Å². The van der Waals surface area contributed by atoms with Crippen molar-refractivity contribution in [1.82, 2.24) is 15.5 Å². The third-order valence-electron chi connectivity index (χ3n) is 4.22. The van der Waals surface area contributed by atoms with Gasteiger partial charge >= 0.3 is 5.97 Å². The summed E-state index contributed by atoms with van der Waals surface area (Å²) >= 11 is 0. The summed E-state index contributed by atoms with van der Waals surface area (Å²) in [4.78, 5) is 49.2. The van der Waals surface area contributed by atoms with E-state index in [1.807, 2.05) is 0 Å². The van der Waals surface area contributed by atoms with Crippen molar-refractivity contribution in [1.29, 1.82) is 0 Å². The van der Waals surface area contributed by atoms with Crippen LogP contribution in [0.2, 0.25) is 0 Å². The molecule has 0 radical (unpaired) electrons. The zero-order valence-electron chi connectivity index (χ0n) is 15.1. The van der Waals surface area contributed by atoms with E-state index >= 15 is 0 Å². The maximum atomic E-state index is 12.7. The average Bonchev–Trinajstić information content (AvgIpc) is 3.00. The number of carbonyl (C=O) groups is 4. The Hall–Kier alpha value is -2.16. The molecule has 4 unspecified atom stereocenters. The number of rotatable bonds is 7. The summed E-state index contributed by atoms with van der Waals surface area (Å²) in [5.74, 6) is -2.69. The molecule has 9 nitrogen and oxygen atoms in total. The quantitative estimate of drug-likeness (QED) is 0.463. The van der Waals surface area contributed by atoms with Gasteiger partial charge in [-0.05, 0) is 32.6 Å². The Labute approximate surface area is 147 Å². The zero-order chi connectivity index (χ0) is 19.3. The summed E-state index contributed by atoms with van der Waals surface area (Å²) < 4.78 is 0. The van der Waals surface area contributed by atoms with Crippen LogP contribution in [0.3, 0.4) is 0 Å². The molecule has 1 fully saturated rings. The number of nitrogens with one attached hydrogen (secondary N) is 2. The van der Waals surface area contributed by atoms with Crippen molar-refractivity contribution < 1.29 is 24.3 Å². The smallest absolute Gasteiger partial charge is 0.326 e. The molecule has 1 aliphatic heterocycles. The molecule has 0 aromatic heterocycles. The molecular weight excluding hydrogens is 328 g/mol. The van der Waals surface area contributed by atoms with Crippen LogP contribution < -0.4 is 16.4 Å². The van der Waals surface area contributed by atoms with Gasteiger partial charge in [-0.2, -0.15) is 0 Å². The van der Waals surface area contributed by atoms with Gasteiger partial charge in [0.05, 0.1) is 6.04 Å². The number of carboxylic acids is 1. The molecule has 0 saturated carbocycles. The van der Waals surface area contributed by atoms with E-state index in [1.54, 1.807) is 13.8 Å². The van der Waals surface area contributed by atoms with E-state index in [-0.39, 0.29) is 5.92 Å². The third kappa shape index (κ3) is 5.42. The van der Waals surface area contributed by atoms with E-state index in [4.69, 9.17) is 5.73 Å². The van der Waals surface area contributed by atoms with Gasteiger partial charge in [-0.15, -0.1) is 0 Å². The maximum absolute atomic E-state index is 12.7. The van der Waals surface area contributed by atoms with Crippen molar-refractivity contribution in [2.75, 3.05) is 6.54 Å². The lowest BCUT2D eigenvalue weighted by Crippen LogP contribution is -2.57. The molecule has 1 heterocycles. The van der Waals surface area contributed by atoms with Crippen LogP contribution >= 0.6 is 0 Å². The van der Waals surface area contributed by atoms with E-state index in [0.29, 0.717) is 19.4 Å². The standard InChI is InChI=1S/C16H28N4O5/c1-8(2)12(15(23)20-7-5-6-11(20)16(24)25)19-14(22)10(4)18-13(21)9(3)17/h8-12H,5-7,17H2,1-4H3,(H,18,21)(H,19,22)(H,24,25). The van der Waals surface area contributed by atoms with E-state index in [0.717, 1.165) is 0 Å². The second-order valence-electron chi connectivity index (χ2n) is 6.78. The number of aliphatic carboxylic acids is 1. The van der Waals surface area contributed by atoms with E-state index in [9.17, 15) is 24.3 Å². The minimum Gasteiger partial charge on any atom is -0.480 e. The molecule has 0 spiro atoms. The van der Waals surface area contributed by atoms with Gasteiger partial charge in [-0.25, -0.2) is 4.79 Å². The molecule has 5 N–H and O–H groups in total. The number of hydrogen-bond acceptors (Lipinski definition) is 5. The van der Waals surface area contributed by atoms with Gasteiger partial charge in [0.2, 0.25) is 17.7 Å². The molecule has 9 heteroatoms. The van der Waals surface area contributed by atoms with E-state index in [1.165, 1.54) is 18.7 Å². The molecule has 0 bridgehead atoms.